The van der Waals surface area contributed by atoms with E-state index in [0.717, 1.165) is 35.6 Å². The van der Waals surface area contributed by atoms with Crippen LogP contribution in [-0.2, 0) is 16.0 Å². The van der Waals surface area contributed by atoms with Gasteiger partial charge in [0.1, 0.15) is 6.04 Å². The van der Waals surface area contributed by atoms with Crippen LogP contribution in [0.3, 0.4) is 0 Å². The Hall–Kier alpha value is -2.22. The number of aromatic nitrogens is 4. The molecule has 0 unspecified atom stereocenters. The first-order chi connectivity index (χ1) is 12.5. The third kappa shape index (κ3) is 3.25. The van der Waals surface area contributed by atoms with E-state index in [1.54, 1.807) is 0 Å². The molecule has 0 radical (unpaired) electrons. The summed E-state index contributed by atoms with van der Waals surface area (Å²) in [6.07, 6.45) is 3.15. The van der Waals surface area contributed by atoms with Gasteiger partial charge in [-0.15, -0.1) is 0 Å². The van der Waals surface area contributed by atoms with E-state index in [9.17, 15) is 4.79 Å². The van der Waals surface area contributed by atoms with Crippen molar-refractivity contribution in [3.05, 3.63) is 28.7 Å². The number of morpholine rings is 1. The standard InChI is InChI=1S/C18H25N5O3/c1-10-14(11(2)21-20-10)6-7-15(24)23-8-9-25-12(3)16(23)18-19-17(22-26-18)13-4-5-13/h12-13,16H,4-9H2,1-3H3,(H,20,21)/t12-,16+/m1/s1. The molecule has 2 aliphatic rings. The number of amides is 1. The number of aryl methyl sites for hydroxylation is 2. The summed E-state index contributed by atoms with van der Waals surface area (Å²) in [5.41, 5.74) is 3.09. The highest BCUT2D eigenvalue weighted by atomic mass is 16.5. The number of hydrogen-bond donors (Lipinski definition) is 1. The van der Waals surface area contributed by atoms with Crippen molar-refractivity contribution in [1.29, 1.82) is 0 Å². The molecule has 1 amide bonds. The molecule has 140 valence electrons. The van der Waals surface area contributed by atoms with E-state index < -0.39 is 0 Å². The van der Waals surface area contributed by atoms with Gasteiger partial charge in [-0.1, -0.05) is 5.16 Å². The summed E-state index contributed by atoms with van der Waals surface area (Å²) < 4.78 is 11.3. The number of carbonyl (C=O) groups excluding carboxylic acids is 1. The van der Waals surface area contributed by atoms with Crippen LogP contribution in [0.15, 0.2) is 4.52 Å². The number of ether oxygens (including phenoxy) is 1. The fourth-order valence-corrected chi connectivity index (χ4v) is 3.63. The quantitative estimate of drug-likeness (QED) is 0.879. The number of nitrogens with one attached hydrogen (secondary N) is 1. The van der Waals surface area contributed by atoms with Crippen molar-refractivity contribution in [3.8, 4) is 0 Å². The van der Waals surface area contributed by atoms with Gasteiger partial charge in [-0.05, 0) is 45.6 Å². The van der Waals surface area contributed by atoms with Crippen LogP contribution in [-0.4, -0.2) is 50.4 Å². The van der Waals surface area contributed by atoms with Crippen molar-refractivity contribution in [1.82, 2.24) is 25.2 Å². The third-order valence-electron chi connectivity index (χ3n) is 5.34. The third-order valence-corrected chi connectivity index (χ3v) is 5.34. The average molecular weight is 359 g/mol. The Balaban J connectivity index is 1.49. The van der Waals surface area contributed by atoms with E-state index in [2.05, 4.69) is 20.3 Å². The molecule has 0 spiro atoms. The summed E-state index contributed by atoms with van der Waals surface area (Å²) in [7, 11) is 0. The summed E-state index contributed by atoms with van der Waals surface area (Å²) in [5, 5.41) is 11.3. The fraction of sp³-hybridized carbons (Fsp3) is 0.667. The van der Waals surface area contributed by atoms with Gasteiger partial charge in [-0.2, -0.15) is 10.1 Å². The minimum atomic E-state index is -0.317. The van der Waals surface area contributed by atoms with Crippen molar-refractivity contribution in [2.75, 3.05) is 13.2 Å². The predicted molar refractivity (Wildman–Crippen MR) is 92.5 cm³/mol. The van der Waals surface area contributed by atoms with Gasteiger partial charge in [0, 0.05) is 24.6 Å². The minimum Gasteiger partial charge on any atom is -0.374 e. The zero-order valence-electron chi connectivity index (χ0n) is 15.5. The summed E-state index contributed by atoms with van der Waals surface area (Å²) >= 11 is 0. The first-order valence-electron chi connectivity index (χ1n) is 9.29. The second-order valence-electron chi connectivity index (χ2n) is 7.29. The fourth-order valence-electron chi connectivity index (χ4n) is 3.63. The Kier molecular flexibility index (Phi) is 4.52. The summed E-state index contributed by atoms with van der Waals surface area (Å²) in [5.74, 6) is 1.75. The Labute approximate surface area is 152 Å². The van der Waals surface area contributed by atoms with Gasteiger partial charge < -0.3 is 14.2 Å². The van der Waals surface area contributed by atoms with Crippen molar-refractivity contribution in [2.24, 2.45) is 0 Å². The first-order valence-corrected chi connectivity index (χ1v) is 9.29. The van der Waals surface area contributed by atoms with E-state index in [1.165, 1.54) is 0 Å². The maximum absolute atomic E-state index is 12.9. The molecule has 1 aliphatic carbocycles. The molecule has 26 heavy (non-hydrogen) atoms. The SMILES string of the molecule is Cc1n[nH]c(C)c1CCC(=O)N1CCO[C@H](C)[C@H]1c1nc(C2CC2)no1. The van der Waals surface area contributed by atoms with Crippen molar-refractivity contribution >= 4 is 5.91 Å². The number of aromatic amines is 1. The lowest BCUT2D eigenvalue weighted by Crippen LogP contribution is -2.47. The van der Waals surface area contributed by atoms with Crippen LogP contribution in [0, 0.1) is 13.8 Å². The molecular formula is C18H25N5O3. The van der Waals surface area contributed by atoms with Crippen LogP contribution in [0.4, 0.5) is 0 Å². The zero-order chi connectivity index (χ0) is 18.3. The molecule has 8 nitrogen and oxygen atoms in total. The molecule has 2 atom stereocenters. The van der Waals surface area contributed by atoms with Gasteiger partial charge in [0.05, 0.1) is 18.4 Å². The molecule has 1 N–H and O–H groups in total. The van der Waals surface area contributed by atoms with Gasteiger partial charge in [0.2, 0.25) is 5.91 Å². The van der Waals surface area contributed by atoms with Crippen LogP contribution in [0.5, 0.6) is 0 Å². The van der Waals surface area contributed by atoms with Gasteiger partial charge in [-0.3, -0.25) is 9.89 Å². The molecule has 4 rings (SSSR count). The van der Waals surface area contributed by atoms with Gasteiger partial charge >= 0.3 is 0 Å². The van der Waals surface area contributed by atoms with Crippen LogP contribution >= 0.6 is 0 Å². The lowest BCUT2D eigenvalue weighted by atomic mass is 10.0. The van der Waals surface area contributed by atoms with E-state index >= 15 is 0 Å². The van der Waals surface area contributed by atoms with Crippen molar-refractivity contribution in [3.63, 3.8) is 0 Å². The maximum atomic E-state index is 12.9. The Bertz CT molecular complexity index is 775. The van der Waals surface area contributed by atoms with Gasteiger partial charge in [-0.25, -0.2) is 0 Å². The molecule has 3 heterocycles. The molecule has 1 saturated carbocycles. The highest BCUT2D eigenvalue weighted by Gasteiger charge is 2.39. The lowest BCUT2D eigenvalue weighted by molar-refractivity contribution is -0.147. The summed E-state index contributed by atoms with van der Waals surface area (Å²) in [4.78, 5) is 19.3. The molecule has 1 saturated heterocycles. The Morgan fingerprint density at radius 2 is 2.15 bits per heavy atom. The lowest BCUT2D eigenvalue weighted by Gasteiger charge is -2.37. The highest BCUT2D eigenvalue weighted by molar-refractivity contribution is 5.77. The molecule has 0 bridgehead atoms. The molecule has 2 aromatic rings. The largest absolute Gasteiger partial charge is 0.374 e. The Morgan fingerprint density at radius 1 is 1.35 bits per heavy atom. The smallest absolute Gasteiger partial charge is 0.252 e. The monoisotopic (exact) mass is 359 g/mol. The number of rotatable bonds is 5. The topological polar surface area (TPSA) is 97.1 Å². The maximum Gasteiger partial charge on any atom is 0.252 e. The van der Waals surface area contributed by atoms with E-state index in [-0.39, 0.29) is 18.1 Å². The van der Waals surface area contributed by atoms with E-state index in [4.69, 9.17) is 9.26 Å². The summed E-state index contributed by atoms with van der Waals surface area (Å²) in [6.45, 7) is 6.96. The molecule has 0 aromatic carbocycles. The van der Waals surface area contributed by atoms with E-state index in [1.807, 2.05) is 25.7 Å². The summed E-state index contributed by atoms with van der Waals surface area (Å²) in [6, 6.07) is -0.317. The van der Waals surface area contributed by atoms with Crippen LogP contribution in [0.1, 0.15) is 66.8 Å². The van der Waals surface area contributed by atoms with Crippen LogP contribution in [0.2, 0.25) is 0 Å². The van der Waals surface area contributed by atoms with Gasteiger partial charge in [0.15, 0.2) is 5.82 Å². The van der Waals surface area contributed by atoms with Crippen LogP contribution < -0.4 is 0 Å². The van der Waals surface area contributed by atoms with Crippen molar-refractivity contribution in [2.45, 2.75) is 64.5 Å². The number of carbonyl (C=O) groups is 1. The molecular weight excluding hydrogens is 334 g/mol. The zero-order valence-corrected chi connectivity index (χ0v) is 15.5. The molecule has 8 heteroatoms. The number of nitrogens with zero attached hydrogens (tertiary/aromatic N) is 4. The molecule has 2 fully saturated rings. The number of hydrogen-bond acceptors (Lipinski definition) is 6. The minimum absolute atomic E-state index is 0.0799. The molecule has 2 aromatic heterocycles. The second kappa shape index (κ2) is 6.83. The predicted octanol–water partition coefficient (Wildman–Crippen LogP) is 2.21. The normalized spacial score (nSPS) is 23.4. The number of H-pyrrole nitrogens is 1. The molecule has 1 aliphatic heterocycles. The van der Waals surface area contributed by atoms with Crippen molar-refractivity contribution < 1.29 is 14.1 Å². The highest BCUT2D eigenvalue weighted by Crippen LogP contribution is 2.39. The first kappa shape index (κ1) is 17.2. The van der Waals surface area contributed by atoms with E-state index in [0.29, 0.717) is 37.8 Å². The second-order valence-corrected chi connectivity index (χ2v) is 7.29. The van der Waals surface area contributed by atoms with Crippen LogP contribution in [0.25, 0.3) is 0 Å². The van der Waals surface area contributed by atoms with Gasteiger partial charge in [0.25, 0.3) is 5.89 Å². The average Bonchev–Trinajstić information content (AvgIpc) is 3.28. The Morgan fingerprint density at radius 3 is 2.85 bits per heavy atom.